The summed E-state index contributed by atoms with van der Waals surface area (Å²) < 4.78 is 0. The predicted octanol–water partition coefficient (Wildman–Crippen LogP) is 2.17. The second-order valence-corrected chi connectivity index (χ2v) is 6.02. The van der Waals surface area contributed by atoms with Crippen molar-refractivity contribution in [1.82, 2.24) is 9.88 Å². The van der Waals surface area contributed by atoms with Crippen molar-refractivity contribution in [3.05, 3.63) is 4.88 Å². The fourth-order valence-electron chi connectivity index (χ4n) is 2.16. The van der Waals surface area contributed by atoms with E-state index < -0.39 is 0 Å². The van der Waals surface area contributed by atoms with E-state index in [1.54, 1.807) is 0 Å². The largest absolute Gasteiger partial charge is 0.382 e. The summed E-state index contributed by atoms with van der Waals surface area (Å²) in [4.78, 5) is 19.0. The molecule has 2 rings (SSSR count). The minimum absolute atomic E-state index is 0.0202. The van der Waals surface area contributed by atoms with E-state index in [1.165, 1.54) is 11.3 Å². The van der Waals surface area contributed by atoms with Crippen molar-refractivity contribution >= 4 is 28.2 Å². The smallest absolute Gasteiger partial charge is 0.268 e. The molecule has 1 atom stereocenters. The lowest BCUT2D eigenvalue weighted by molar-refractivity contribution is 0.0753. The average molecular weight is 268 g/mol. The van der Waals surface area contributed by atoms with Gasteiger partial charge in [-0.2, -0.15) is 0 Å². The van der Waals surface area contributed by atoms with E-state index in [9.17, 15) is 4.79 Å². The van der Waals surface area contributed by atoms with E-state index in [0.29, 0.717) is 16.7 Å². The predicted molar refractivity (Wildman–Crippen MR) is 75.0 cm³/mol. The van der Waals surface area contributed by atoms with Gasteiger partial charge in [0.05, 0.1) is 0 Å². The van der Waals surface area contributed by atoms with Crippen LogP contribution in [-0.4, -0.2) is 34.4 Å². The Balaban J connectivity index is 2.17. The molecular formula is C12H20N4OS. The molecule has 1 saturated heterocycles. The number of thiazole rings is 1. The number of nitrogens with two attached hydrogens (primary N) is 1. The van der Waals surface area contributed by atoms with Gasteiger partial charge in [0.15, 0.2) is 5.13 Å². The molecule has 0 aromatic carbocycles. The Hall–Kier alpha value is -1.30. The maximum absolute atomic E-state index is 12.4. The molecule has 1 unspecified atom stereocenters. The molecule has 100 valence electrons. The van der Waals surface area contributed by atoms with Gasteiger partial charge in [-0.1, -0.05) is 11.3 Å². The molecule has 0 spiro atoms. The summed E-state index contributed by atoms with van der Waals surface area (Å²) in [5, 5.41) is 3.90. The summed E-state index contributed by atoms with van der Waals surface area (Å²) in [5.41, 5.74) is 5.84. The quantitative estimate of drug-likeness (QED) is 0.881. The molecular weight excluding hydrogens is 248 g/mol. The highest BCUT2D eigenvalue weighted by Crippen LogP contribution is 2.29. The van der Waals surface area contributed by atoms with Crippen LogP contribution >= 0.6 is 11.3 Å². The van der Waals surface area contributed by atoms with E-state index in [4.69, 9.17) is 5.73 Å². The molecule has 0 bridgehead atoms. The third-order valence-corrected chi connectivity index (χ3v) is 4.06. The number of rotatable bonds is 3. The Morgan fingerprint density at radius 2 is 2.33 bits per heavy atom. The zero-order valence-corrected chi connectivity index (χ0v) is 11.9. The van der Waals surface area contributed by atoms with Crippen LogP contribution in [0.1, 0.15) is 43.3 Å². The number of nitrogens with zero attached hydrogens (tertiary/aromatic N) is 2. The molecule has 3 N–H and O–H groups in total. The summed E-state index contributed by atoms with van der Waals surface area (Å²) in [5.74, 6) is 0.360. The van der Waals surface area contributed by atoms with Crippen molar-refractivity contribution in [1.29, 1.82) is 0 Å². The first-order chi connectivity index (χ1) is 8.49. The van der Waals surface area contributed by atoms with Crippen LogP contribution in [0.5, 0.6) is 0 Å². The first kappa shape index (κ1) is 13.1. The Morgan fingerprint density at radius 3 is 2.89 bits per heavy atom. The van der Waals surface area contributed by atoms with Crippen LogP contribution in [0.4, 0.5) is 10.9 Å². The van der Waals surface area contributed by atoms with Gasteiger partial charge in [-0.15, -0.1) is 0 Å². The monoisotopic (exact) mass is 268 g/mol. The van der Waals surface area contributed by atoms with Crippen LogP contribution in [0.3, 0.4) is 0 Å². The number of aromatic nitrogens is 1. The molecule has 1 aromatic rings. The maximum atomic E-state index is 12.4. The van der Waals surface area contributed by atoms with Gasteiger partial charge in [0, 0.05) is 18.6 Å². The first-order valence-corrected chi connectivity index (χ1v) is 7.14. The Labute approximate surface area is 111 Å². The number of hydrogen-bond acceptors (Lipinski definition) is 5. The van der Waals surface area contributed by atoms with Crippen molar-refractivity contribution in [3.63, 3.8) is 0 Å². The van der Waals surface area contributed by atoms with Crippen molar-refractivity contribution in [3.8, 4) is 0 Å². The van der Waals surface area contributed by atoms with Crippen LogP contribution in [0.2, 0.25) is 0 Å². The van der Waals surface area contributed by atoms with Crippen LogP contribution in [0.15, 0.2) is 0 Å². The molecule has 6 heteroatoms. The van der Waals surface area contributed by atoms with Gasteiger partial charge in [-0.05, 0) is 33.6 Å². The standard InChI is InChI=1S/C12H20N4OS/c1-7(2)14-12-15-10(13)9(18-12)11(17)16-6-4-5-8(16)3/h7-8H,4-6,13H2,1-3H3,(H,14,15). The third-order valence-electron chi connectivity index (χ3n) is 3.07. The summed E-state index contributed by atoms with van der Waals surface area (Å²) >= 11 is 1.35. The van der Waals surface area contributed by atoms with E-state index in [0.717, 1.165) is 24.5 Å². The minimum atomic E-state index is 0.0202. The molecule has 0 radical (unpaired) electrons. The zero-order valence-electron chi connectivity index (χ0n) is 11.1. The summed E-state index contributed by atoms with van der Waals surface area (Å²) in [6.07, 6.45) is 2.14. The SMILES string of the molecule is CC(C)Nc1nc(N)c(C(=O)N2CCCC2C)s1. The number of anilines is 2. The highest BCUT2D eigenvalue weighted by Gasteiger charge is 2.29. The molecule has 1 amide bonds. The van der Waals surface area contributed by atoms with Crippen LogP contribution in [0, 0.1) is 0 Å². The molecule has 0 saturated carbocycles. The Kier molecular flexibility index (Phi) is 3.75. The van der Waals surface area contributed by atoms with Crippen LogP contribution in [0.25, 0.3) is 0 Å². The third kappa shape index (κ3) is 2.58. The summed E-state index contributed by atoms with van der Waals surface area (Å²) in [6.45, 7) is 6.96. The van der Waals surface area contributed by atoms with E-state index in [1.807, 2.05) is 18.7 Å². The number of carbonyl (C=O) groups is 1. The number of nitrogen functional groups attached to an aromatic ring is 1. The van der Waals surface area contributed by atoms with Crippen molar-refractivity contribution in [2.24, 2.45) is 0 Å². The van der Waals surface area contributed by atoms with Gasteiger partial charge >= 0.3 is 0 Å². The molecule has 1 aromatic heterocycles. The molecule has 1 aliphatic rings. The average Bonchev–Trinajstić information content (AvgIpc) is 2.83. The maximum Gasteiger partial charge on any atom is 0.268 e. The van der Waals surface area contributed by atoms with E-state index in [-0.39, 0.29) is 11.9 Å². The van der Waals surface area contributed by atoms with Gasteiger partial charge in [0.1, 0.15) is 10.7 Å². The number of hydrogen-bond donors (Lipinski definition) is 2. The number of nitrogens with one attached hydrogen (secondary N) is 1. The first-order valence-electron chi connectivity index (χ1n) is 6.33. The second-order valence-electron chi connectivity index (χ2n) is 5.02. The van der Waals surface area contributed by atoms with Gasteiger partial charge in [0.2, 0.25) is 0 Å². The van der Waals surface area contributed by atoms with Crippen molar-refractivity contribution < 1.29 is 4.79 Å². The molecule has 0 aliphatic carbocycles. The van der Waals surface area contributed by atoms with E-state index >= 15 is 0 Å². The highest BCUT2D eigenvalue weighted by atomic mass is 32.1. The molecule has 1 aliphatic heterocycles. The van der Waals surface area contributed by atoms with Crippen molar-refractivity contribution in [2.45, 2.75) is 45.7 Å². The van der Waals surface area contributed by atoms with Gasteiger partial charge in [-0.3, -0.25) is 4.79 Å². The number of amides is 1. The zero-order chi connectivity index (χ0) is 13.3. The lowest BCUT2D eigenvalue weighted by atomic mass is 10.2. The lowest BCUT2D eigenvalue weighted by Gasteiger charge is -2.20. The summed E-state index contributed by atoms with van der Waals surface area (Å²) in [6, 6.07) is 0.588. The molecule has 18 heavy (non-hydrogen) atoms. The normalized spacial score (nSPS) is 19.6. The molecule has 5 nitrogen and oxygen atoms in total. The van der Waals surface area contributed by atoms with Crippen LogP contribution < -0.4 is 11.1 Å². The van der Waals surface area contributed by atoms with Gasteiger partial charge in [-0.25, -0.2) is 4.98 Å². The summed E-state index contributed by atoms with van der Waals surface area (Å²) in [7, 11) is 0. The van der Waals surface area contributed by atoms with E-state index in [2.05, 4.69) is 17.2 Å². The highest BCUT2D eigenvalue weighted by molar-refractivity contribution is 7.18. The van der Waals surface area contributed by atoms with Crippen molar-refractivity contribution in [2.75, 3.05) is 17.6 Å². The molecule has 2 heterocycles. The van der Waals surface area contributed by atoms with Gasteiger partial charge < -0.3 is 16.0 Å². The fraction of sp³-hybridized carbons (Fsp3) is 0.667. The lowest BCUT2D eigenvalue weighted by Crippen LogP contribution is -2.33. The fourth-order valence-corrected chi connectivity index (χ4v) is 3.15. The number of carbonyl (C=O) groups excluding carboxylic acids is 1. The topological polar surface area (TPSA) is 71.2 Å². The van der Waals surface area contributed by atoms with Gasteiger partial charge in [0.25, 0.3) is 5.91 Å². The Bertz CT molecular complexity index is 443. The van der Waals surface area contributed by atoms with Crippen LogP contribution in [-0.2, 0) is 0 Å². The second kappa shape index (κ2) is 5.14. The number of likely N-dealkylation sites (tertiary alicyclic amines) is 1. The Morgan fingerprint density at radius 1 is 1.61 bits per heavy atom. The molecule has 1 fully saturated rings. The minimum Gasteiger partial charge on any atom is -0.382 e.